The van der Waals surface area contributed by atoms with Crippen LogP contribution in [0.25, 0.3) is 11.3 Å². The van der Waals surface area contributed by atoms with Gasteiger partial charge in [-0.2, -0.15) is 18.3 Å². The van der Waals surface area contributed by atoms with Crippen molar-refractivity contribution in [2.75, 3.05) is 45.1 Å². The third-order valence-corrected chi connectivity index (χ3v) is 8.52. The van der Waals surface area contributed by atoms with E-state index in [9.17, 15) is 13.2 Å². The minimum Gasteiger partial charge on any atom is -0.383 e. The van der Waals surface area contributed by atoms with Crippen LogP contribution in [0.3, 0.4) is 0 Å². The average Bonchev–Trinajstić information content (AvgIpc) is 3.16. The van der Waals surface area contributed by atoms with Gasteiger partial charge in [0.1, 0.15) is 5.82 Å². The molecule has 2 aromatic heterocycles. The van der Waals surface area contributed by atoms with Gasteiger partial charge in [-0.25, -0.2) is 4.98 Å². The van der Waals surface area contributed by atoms with Gasteiger partial charge in [0.2, 0.25) is 0 Å². The lowest BCUT2D eigenvalue weighted by Gasteiger charge is -2.46. The van der Waals surface area contributed by atoms with Crippen molar-refractivity contribution in [2.24, 2.45) is 11.8 Å². The molecule has 10 heteroatoms. The molecule has 0 bridgehead atoms. The molecule has 4 heterocycles. The summed E-state index contributed by atoms with van der Waals surface area (Å²) in [6, 6.07) is 4.31. The molecule has 0 spiro atoms. The molecule has 2 aliphatic heterocycles. The Kier molecular flexibility index (Phi) is 5.61. The zero-order valence-electron chi connectivity index (χ0n) is 20.2. The molecule has 4 aliphatic rings. The number of hydrogen-bond donors (Lipinski definition) is 1. The van der Waals surface area contributed by atoms with Gasteiger partial charge in [0.15, 0.2) is 0 Å². The van der Waals surface area contributed by atoms with Crippen molar-refractivity contribution in [1.82, 2.24) is 24.6 Å². The van der Waals surface area contributed by atoms with Crippen LogP contribution in [-0.2, 0) is 10.9 Å². The third kappa shape index (κ3) is 4.13. The summed E-state index contributed by atoms with van der Waals surface area (Å²) in [6.45, 7) is 10.2. The fourth-order valence-corrected chi connectivity index (χ4v) is 6.71. The van der Waals surface area contributed by atoms with Gasteiger partial charge in [-0.15, -0.1) is 0 Å². The minimum absolute atomic E-state index is 0.124. The number of pyridine rings is 1. The fourth-order valence-electron chi connectivity index (χ4n) is 6.71. The molecular formula is C25H33F3N6O. The number of halogens is 3. The number of morpholine rings is 1. The van der Waals surface area contributed by atoms with Crippen molar-refractivity contribution in [3.63, 3.8) is 0 Å². The molecule has 0 aromatic carbocycles. The number of anilines is 1. The quantitative estimate of drug-likeness (QED) is 0.706. The number of nitrogens with zero attached hydrogens (tertiary/aromatic N) is 5. The Labute approximate surface area is 203 Å². The smallest absolute Gasteiger partial charge is 0.383 e. The van der Waals surface area contributed by atoms with Gasteiger partial charge >= 0.3 is 6.18 Å². The van der Waals surface area contributed by atoms with Crippen LogP contribution in [0.5, 0.6) is 0 Å². The Morgan fingerprint density at radius 1 is 1.06 bits per heavy atom. The lowest BCUT2D eigenvalue weighted by molar-refractivity contribution is -0.137. The highest BCUT2D eigenvalue weighted by atomic mass is 19.4. The van der Waals surface area contributed by atoms with Gasteiger partial charge in [-0.05, 0) is 50.7 Å². The van der Waals surface area contributed by atoms with E-state index in [1.807, 2.05) is 10.7 Å². The predicted octanol–water partition coefficient (Wildman–Crippen LogP) is 3.64. The average molecular weight is 491 g/mol. The Hall–Kier alpha value is -2.17. The number of nitrogens with two attached hydrogens (primary N) is 1. The van der Waals surface area contributed by atoms with E-state index < -0.39 is 17.6 Å². The summed E-state index contributed by atoms with van der Waals surface area (Å²) in [7, 11) is 0. The number of rotatable bonds is 4. The summed E-state index contributed by atoms with van der Waals surface area (Å²) < 4.78 is 47.8. The second kappa shape index (κ2) is 8.45. The summed E-state index contributed by atoms with van der Waals surface area (Å²) in [4.78, 5) is 9.04. The van der Waals surface area contributed by atoms with Gasteiger partial charge in [-0.1, -0.05) is 0 Å². The maximum atomic E-state index is 13.4. The number of ether oxygens (including phenoxy) is 1. The van der Waals surface area contributed by atoms with Crippen molar-refractivity contribution in [1.29, 1.82) is 0 Å². The van der Waals surface area contributed by atoms with Crippen LogP contribution in [0, 0.1) is 11.8 Å². The summed E-state index contributed by atoms with van der Waals surface area (Å²) >= 11 is 0. The molecule has 35 heavy (non-hydrogen) atoms. The lowest BCUT2D eigenvalue weighted by Crippen LogP contribution is -2.59. The number of fused-ring (bicyclic) bond motifs is 2. The van der Waals surface area contributed by atoms with Crippen LogP contribution in [0.2, 0.25) is 0 Å². The zero-order chi connectivity index (χ0) is 24.5. The van der Waals surface area contributed by atoms with E-state index in [0.29, 0.717) is 41.1 Å². The molecule has 6 rings (SSSR count). The van der Waals surface area contributed by atoms with Crippen molar-refractivity contribution in [2.45, 2.75) is 56.9 Å². The van der Waals surface area contributed by atoms with Crippen molar-refractivity contribution in [3.05, 3.63) is 29.6 Å². The molecule has 190 valence electrons. The van der Waals surface area contributed by atoms with E-state index in [1.54, 1.807) is 0 Å². The first-order valence-electron chi connectivity index (χ1n) is 12.7. The molecule has 3 atom stereocenters. The first-order chi connectivity index (χ1) is 16.7. The van der Waals surface area contributed by atoms with E-state index in [4.69, 9.17) is 15.6 Å². The molecule has 7 nitrogen and oxygen atoms in total. The molecular weight excluding hydrogens is 457 g/mol. The van der Waals surface area contributed by atoms with E-state index in [1.165, 1.54) is 19.0 Å². The summed E-state index contributed by atoms with van der Waals surface area (Å²) in [6.07, 6.45) is -0.791. The predicted molar refractivity (Wildman–Crippen MR) is 126 cm³/mol. The lowest BCUT2D eigenvalue weighted by atomic mass is 10.0. The van der Waals surface area contributed by atoms with Crippen LogP contribution in [-0.4, -0.2) is 76.0 Å². The standard InChI is InChI=1S/C25H33F3N6O/c1-14(2)34-22(10-21(31-34)15-7-20(25(26,27)28)24(29)30-11-15)23-18-8-16(9-19(18)23)33-4-3-32-5-6-35-13-17(32)12-33/h7,10-11,14,16-19,23H,3-6,8-9,12-13H2,1-2H3,(H2,29,30). The zero-order valence-corrected chi connectivity index (χ0v) is 20.2. The van der Waals surface area contributed by atoms with Crippen LogP contribution in [0.4, 0.5) is 19.0 Å². The molecule has 2 saturated heterocycles. The van der Waals surface area contributed by atoms with Crippen LogP contribution in [0.15, 0.2) is 18.3 Å². The molecule has 2 aromatic rings. The first-order valence-corrected chi connectivity index (χ1v) is 12.7. The molecule has 4 fully saturated rings. The molecule has 3 unspecified atom stereocenters. The summed E-state index contributed by atoms with van der Waals surface area (Å²) in [5, 5.41) is 4.71. The molecule has 0 amide bonds. The van der Waals surface area contributed by atoms with E-state index in [-0.39, 0.29) is 6.04 Å². The van der Waals surface area contributed by atoms with Crippen molar-refractivity contribution in [3.8, 4) is 11.3 Å². The second-order valence-electron chi connectivity index (χ2n) is 10.9. The van der Waals surface area contributed by atoms with Gasteiger partial charge < -0.3 is 10.5 Å². The normalized spacial score (nSPS) is 31.5. The minimum atomic E-state index is -4.55. The monoisotopic (exact) mass is 490 g/mol. The van der Waals surface area contributed by atoms with Crippen LogP contribution in [0.1, 0.15) is 49.9 Å². The molecule has 0 radical (unpaired) electrons. The van der Waals surface area contributed by atoms with Gasteiger partial charge in [-0.3, -0.25) is 14.5 Å². The van der Waals surface area contributed by atoms with Crippen molar-refractivity contribution < 1.29 is 17.9 Å². The highest BCUT2D eigenvalue weighted by Gasteiger charge is 2.59. The van der Waals surface area contributed by atoms with E-state index >= 15 is 0 Å². The number of aromatic nitrogens is 3. The molecule has 2 aliphatic carbocycles. The first kappa shape index (κ1) is 23.2. The molecule has 2 N–H and O–H groups in total. The van der Waals surface area contributed by atoms with Gasteiger partial charge in [0.25, 0.3) is 0 Å². The maximum absolute atomic E-state index is 13.4. The number of alkyl halides is 3. The van der Waals surface area contributed by atoms with E-state index in [2.05, 4.69) is 28.6 Å². The summed E-state index contributed by atoms with van der Waals surface area (Å²) in [5.74, 6) is 1.17. The number of hydrogen-bond acceptors (Lipinski definition) is 6. The topological polar surface area (TPSA) is 72.4 Å². The Morgan fingerprint density at radius 3 is 2.51 bits per heavy atom. The maximum Gasteiger partial charge on any atom is 0.419 e. The Morgan fingerprint density at radius 2 is 1.80 bits per heavy atom. The second-order valence-corrected chi connectivity index (χ2v) is 10.9. The highest BCUT2D eigenvalue weighted by Crippen LogP contribution is 2.64. The van der Waals surface area contributed by atoms with Gasteiger partial charge in [0.05, 0.1) is 24.5 Å². The van der Waals surface area contributed by atoms with Crippen LogP contribution < -0.4 is 5.73 Å². The number of piperazine rings is 1. The highest BCUT2D eigenvalue weighted by molar-refractivity contribution is 5.63. The largest absolute Gasteiger partial charge is 0.419 e. The molecule has 2 saturated carbocycles. The fraction of sp³-hybridized carbons (Fsp3) is 0.680. The number of nitrogen functional groups attached to an aromatic ring is 1. The van der Waals surface area contributed by atoms with Gasteiger partial charge in [0, 0.05) is 67.7 Å². The third-order valence-electron chi connectivity index (χ3n) is 8.52. The SMILES string of the molecule is CC(C)n1nc(-c2cnc(N)c(C(F)(F)F)c2)cc1C1C2CC(N3CCN4CCOCC4C3)CC21. The van der Waals surface area contributed by atoms with Crippen molar-refractivity contribution >= 4 is 5.82 Å². The Balaban J connectivity index is 1.18. The van der Waals surface area contributed by atoms with E-state index in [0.717, 1.165) is 51.2 Å². The summed E-state index contributed by atoms with van der Waals surface area (Å²) in [5.41, 5.74) is 6.60. The van der Waals surface area contributed by atoms with Crippen LogP contribution >= 0.6 is 0 Å². The Bertz CT molecular complexity index is 1090.